The summed E-state index contributed by atoms with van der Waals surface area (Å²) < 4.78 is 42.1. The van der Waals surface area contributed by atoms with Crippen molar-refractivity contribution in [1.29, 1.82) is 0 Å². The maximum atomic E-state index is 11.0. The number of carboxylic acid groups (broad SMARTS) is 2. The molecule has 0 aromatic heterocycles. The van der Waals surface area contributed by atoms with E-state index in [4.69, 9.17) is 53.8 Å². The van der Waals surface area contributed by atoms with E-state index in [-0.39, 0.29) is 47.6 Å². The maximum Gasteiger partial charge on any atom is 0.305 e. The van der Waals surface area contributed by atoms with Crippen molar-refractivity contribution in [3.05, 3.63) is 0 Å². The third-order valence-corrected chi connectivity index (χ3v) is 87.8. The van der Waals surface area contributed by atoms with Crippen molar-refractivity contribution in [2.75, 3.05) is 117 Å². The van der Waals surface area contributed by atoms with Gasteiger partial charge in [-0.1, -0.05) is 22.6 Å². The molecule has 0 atom stereocenters. The van der Waals surface area contributed by atoms with Crippen molar-refractivity contribution in [2.24, 2.45) is 5.73 Å². The first-order valence-electron chi connectivity index (χ1n) is 14.3. The minimum Gasteiger partial charge on any atom is -0.481 e. The van der Waals surface area contributed by atoms with Crippen molar-refractivity contribution in [2.45, 2.75) is 25.7 Å². The Morgan fingerprint density at radius 3 is 1.04 bits per heavy atom. The molecule has 0 spiro atoms. The third-order valence-electron chi connectivity index (χ3n) is 4.35. The number of carboxylic acids is 2. The van der Waals surface area contributed by atoms with Crippen molar-refractivity contribution >= 4 is 168 Å². The third kappa shape index (κ3) is 78.6. The van der Waals surface area contributed by atoms with Crippen LogP contribution in [0.1, 0.15) is 25.7 Å². The van der Waals surface area contributed by atoms with Gasteiger partial charge in [-0.25, -0.2) is 0 Å². The zero-order valence-electron chi connectivity index (χ0n) is 26.8. The fourth-order valence-corrected chi connectivity index (χ4v) is 2.75. The van der Waals surface area contributed by atoms with Crippen LogP contribution in [-0.2, 0) is 52.3 Å². The number of carbonyl (C=O) groups excluding carboxylic acids is 1. The second-order valence-electron chi connectivity index (χ2n) is 8.13. The van der Waals surface area contributed by atoms with Crippen LogP contribution in [-0.4, -0.2) is 145 Å². The van der Waals surface area contributed by atoms with Crippen LogP contribution in [0.15, 0.2) is 0 Å². The second kappa shape index (κ2) is 55.6. The first-order chi connectivity index (χ1) is 23.4. The molecule has 0 aromatic carbocycles. The molecule has 14 nitrogen and oxygen atoms in total. The number of ether oxygens (including phenoxy) is 8. The standard InChI is InChI=1S/C14H25IO7.C11H23NO6.I5.I4/c15-12-13(16)2-1-4-19-6-8-21-10-11-22-9-7-20-5-3-14(17)18;12-2-4-16-6-8-18-10-9-17-7-5-15-3-1-11(13)14;1-4-5(2)3;1-4(2)3/h1-12H2,(H,17,18);1-10,12H2,(H,13,14);;/q;;-1;. The number of halogens is 10. The van der Waals surface area contributed by atoms with Gasteiger partial charge >= 0.3 is 153 Å². The molecule has 0 saturated carbocycles. The number of rotatable bonds is 32. The molecule has 0 aliphatic rings. The minimum absolute atomic E-state index is 0.00927. The van der Waals surface area contributed by atoms with Gasteiger partial charge in [-0.05, 0) is 6.42 Å². The van der Waals surface area contributed by atoms with E-state index in [0.29, 0.717) is 123 Å². The van der Waals surface area contributed by atoms with Gasteiger partial charge in [-0.15, -0.1) is 0 Å². The topological polar surface area (TPSA) is 192 Å². The van der Waals surface area contributed by atoms with Gasteiger partial charge < -0.3 is 53.8 Å². The predicted octanol–water partition coefficient (Wildman–Crippen LogP) is 4.89. The molecular weight excluding hydrogens is 1790 g/mol. The molecule has 0 aliphatic heterocycles. The number of nitrogens with two attached hydrogens (primary N) is 1. The van der Waals surface area contributed by atoms with Gasteiger partial charge in [-0.2, -0.15) is 0 Å². The molecule has 0 radical (unpaired) electrons. The van der Waals surface area contributed by atoms with Crippen molar-refractivity contribution in [1.82, 2.24) is 0 Å². The van der Waals surface area contributed by atoms with Crippen LogP contribution in [0.2, 0.25) is 0 Å². The zero-order chi connectivity index (χ0) is 37.8. The summed E-state index contributed by atoms with van der Waals surface area (Å²) in [5, 5.41) is 16.7. The molecule has 0 rings (SSSR count). The van der Waals surface area contributed by atoms with E-state index < -0.39 is 11.9 Å². The number of hydrogen-bond donors (Lipinski definition) is 3. The number of alkyl halides is 1. The molecule has 0 saturated heterocycles. The van der Waals surface area contributed by atoms with Gasteiger partial charge in [0.25, 0.3) is 0 Å². The Morgan fingerprint density at radius 1 is 0.531 bits per heavy atom. The monoisotopic (exact) mass is 1840 g/mol. The average Bonchev–Trinajstić information content (AvgIpc) is 3.05. The summed E-state index contributed by atoms with van der Waals surface area (Å²) >= 11 is 17.9. The van der Waals surface area contributed by atoms with E-state index in [2.05, 4.69) is 134 Å². The zero-order valence-corrected chi connectivity index (χ0v) is 48.4. The first kappa shape index (κ1) is 61.2. The minimum atomic E-state index is -0.867. The molecule has 0 bridgehead atoms. The molecule has 24 heteroatoms. The predicted molar refractivity (Wildman–Crippen MR) is 265 cm³/mol. The maximum absolute atomic E-state index is 11.0. The smallest absolute Gasteiger partial charge is 0.305 e. The number of aliphatic carboxylic acids is 2. The van der Waals surface area contributed by atoms with Gasteiger partial charge in [0.05, 0.1) is 116 Å². The van der Waals surface area contributed by atoms with E-state index >= 15 is 0 Å². The van der Waals surface area contributed by atoms with Crippen LogP contribution >= 0.6 is 150 Å². The molecule has 302 valence electrons. The summed E-state index contributed by atoms with van der Waals surface area (Å²) in [5.41, 5.74) is 5.25. The Hall–Kier alpha value is 5.55. The Labute approximate surface area is 383 Å². The number of carbonyl (C=O) groups is 3. The Kier molecular flexibility index (Phi) is 69.5. The van der Waals surface area contributed by atoms with E-state index in [9.17, 15) is 14.4 Å². The molecule has 49 heavy (non-hydrogen) atoms. The fraction of sp³-hybridized carbons (Fsp3) is 0.880. The Balaban J connectivity index is -0.000000334. The number of ketones is 1. The average molecular weight is 1840 g/mol. The number of Topliss-reactive ketones (excluding diaryl/α,β-unsaturated/α-hetero) is 1. The van der Waals surface area contributed by atoms with Crippen LogP contribution in [0.5, 0.6) is 0 Å². The second-order valence-corrected chi connectivity index (χ2v) is 123. The quantitative estimate of drug-likeness (QED) is 0.0469. The Morgan fingerprint density at radius 2 is 0.796 bits per heavy atom. The first-order valence-corrected chi connectivity index (χ1v) is 59.8. The van der Waals surface area contributed by atoms with Crippen molar-refractivity contribution in [3.63, 3.8) is 0 Å². The molecule has 4 N–H and O–H groups in total. The summed E-state index contributed by atoms with van der Waals surface area (Å²) in [6.07, 6.45) is 1.36. The van der Waals surface area contributed by atoms with Gasteiger partial charge in [0.1, 0.15) is 5.78 Å². The van der Waals surface area contributed by atoms with Crippen LogP contribution in [0, 0.1) is 0 Å². The number of hydrogen-bond acceptors (Lipinski definition) is 12. The van der Waals surface area contributed by atoms with Crippen LogP contribution in [0.4, 0.5) is 0 Å². The summed E-state index contributed by atoms with van der Waals surface area (Å²) in [5.74, 6) is -1.47. The van der Waals surface area contributed by atoms with Crippen molar-refractivity contribution in [3.8, 4) is 0 Å². The summed E-state index contributed by atoms with van der Waals surface area (Å²) in [4.78, 5) is 31.4. The normalized spacial score (nSPS) is 10.9. The molecule has 0 heterocycles. The fourth-order valence-electron chi connectivity index (χ4n) is 2.36. The van der Waals surface area contributed by atoms with Crippen LogP contribution in [0.3, 0.4) is 0 Å². The van der Waals surface area contributed by atoms with E-state index in [1.807, 2.05) is 0 Å². The van der Waals surface area contributed by atoms with E-state index in [0.717, 1.165) is 6.42 Å². The molecule has 0 aromatic rings. The van der Waals surface area contributed by atoms with Gasteiger partial charge in [-0.3, -0.25) is 14.4 Å². The van der Waals surface area contributed by atoms with E-state index in [1.54, 1.807) is 0 Å². The van der Waals surface area contributed by atoms with Gasteiger partial charge in [0, 0.05) is 19.6 Å². The SMILES string of the molecule is II(I)I.I[I-]I(I)I.NCCOCCOCCOCCOCCC(=O)O.O=C(O)CCOCCOCCOCCOCCCC(=O)CI. The molecule has 0 aliphatic carbocycles. The van der Waals surface area contributed by atoms with Crippen LogP contribution < -0.4 is 19.0 Å². The van der Waals surface area contributed by atoms with Gasteiger partial charge in [0.15, 0.2) is 0 Å². The largest absolute Gasteiger partial charge is 0.481 e. The van der Waals surface area contributed by atoms with E-state index in [1.165, 1.54) is 0 Å². The molecule has 0 unspecified atom stereocenters. The molecule has 0 amide bonds. The molecular formula is C25H48I10NO13-. The summed E-state index contributed by atoms with van der Waals surface area (Å²) in [6.45, 7) is 7.70. The van der Waals surface area contributed by atoms with Crippen LogP contribution in [0.25, 0.3) is 0 Å². The van der Waals surface area contributed by atoms with Gasteiger partial charge in [0.2, 0.25) is 0 Å². The Bertz CT molecular complexity index is 695. The molecule has 0 fully saturated rings. The van der Waals surface area contributed by atoms with Crippen molar-refractivity contribution < 1.29 is 75.7 Å². The summed E-state index contributed by atoms with van der Waals surface area (Å²) in [6, 6.07) is 0. The summed E-state index contributed by atoms with van der Waals surface area (Å²) in [7, 11) is -0.599.